The first kappa shape index (κ1) is 14.9. The van der Waals surface area contributed by atoms with Gasteiger partial charge < -0.3 is 9.84 Å². The van der Waals surface area contributed by atoms with Gasteiger partial charge in [0.1, 0.15) is 11.6 Å². The highest BCUT2D eigenvalue weighted by atomic mass is 35.5. The minimum Gasteiger partial charge on any atom is -0.361 e. The number of nitrogens with one attached hydrogen (secondary N) is 1. The molecule has 1 fully saturated rings. The van der Waals surface area contributed by atoms with Gasteiger partial charge in [-0.05, 0) is 49.9 Å². The molecule has 0 spiro atoms. The molecule has 0 bridgehead atoms. The standard InChI is InChI=1S/C15H12ClN3O2S/c1-8-12(9(2)21-19-8)7-13-14(18-15(20)22-13)17-11-5-3-4-10(16)6-11/h3-7H,1-2H3,(H,17,18,20)/b13-7-. The van der Waals surface area contributed by atoms with Gasteiger partial charge in [-0.3, -0.25) is 4.79 Å². The molecule has 0 saturated carbocycles. The van der Waals surface area contributed by atoms with Crippen LogP contribution < -0.4 is 5.32 Å². The molecule has 0 atom stereocenters. The smallest absolute Gasteiger partial charge is 0.289 e. The summed E-state index contributed by atoms with van der Waals surface area (Å²) in [4.78, 5) is 16.9. The minimum absolute atomic E-state index is 0.168. The monoisotopic (exact) mass is 333 g/mol. The number of amides is 1. The molecule has 0 radical (unpaired) electrons. The number of benzene rings is 1. The third-order valence-electron chi connectivity index (χ3n) is 3.07. The molecule has 2 aromatic rings. The zero-order chi connectivity index (χ0) is 15.7. The summed E-state index contributed by atoms with van der Waals surface area (Å²) in [6.45, 7) is 3.68. The topological polar surface area (TPSA) is 67.5 Å². The Morgan fingerprint density at radius 2 is 2.23 bits per heavy atom. The number of aliphatic imine (C=N–C) groups is 1. The number of amidine groups is 1. The molecule has 5 nitrogen and oxygen atoms in total. The Hall–Kier alpha value is -2.05. The average molecular weight is 334 g/mol. The summed E-state index contributed by atoms with van der Waals surface area (Å²) < 4.78 is 5.14. The third-order valence-corrected chi connectivity index (χ3v) is 4.12. The van der Waals surface area contributed by atoms with Gasteiger partial charge >= 0.3 is 0 Å². The molecule has 1 N–H and O–H groups in total. The van der Waals surface area contributed by atoms with Crippen LogP contribution in [-0.2, 0) is 0 Å². The molecule has 7 heteroatoms. The number of carbonyl (C=O) groups excluding carboxylic acids is 1. The van der Waals surface area contributed by atoms with Crippen molar-refractivity contribution < 1.29 is 9.32 Å². The van der Waals surface area contributed by atoms with E-state index in [2.05, 4.69) is 15.5 Å². The van der Waals surface area contributed by atoms with E-state index in [0.717, 1.165) is 27.9 Å². The fraction of sp³-hybridized carbons (Fsp3) is 0.133. The SMILES string of the molecule is Cc1noc(C)c1/C=C1\SC(=O)NC1=Nc1cccc(Cl)c1. The van der Waals surface area contributed by atoms with E-state index in [-0.39, 0.29) is 5.24 Å². The average Bonchev–Trinajstić information content (AvgIpc) is 2.96. The van der Waals surface area contributed by atoms with Crippen LogP contribution in [0.5, 0.6) is 0 Å². The Morgan fingerprint density at radius 1 is 1.41 bits per heavy atom. The van der Waals surface area contributed by atoms with E-state index in [1.807, 2.05) is 32.1 Å². The molecular weight excluding hydrogens is 322 g/mol. The summed E-state index contributed by atoms with van der Waals surface area (Å²) in [6.07, 6.45) is 1.85. The largest absolute Gasteiger partial charge is 0.361 e. The van der Waals surface area contributed by atoms with Crippen molar-refractivity contribution in [2.45, 2.75) is 13.8 Å². The molecule has 1 amide bonds. The zero-order valence-corrected chi connectivity index (χ0v) is 13.5. The van der Waals surface area contributed by atoms with Crippen LogP contribution in [0, 0.1) is 13.8 Å². The molecule has 1 aliphatic rings. The highest BCUT2D eigenvalue weighted by molar-refractivity contribution is 8.18. The van der Waals surface area contributed by atoms with Crippen molar-refractivity contribution in [3.63, 3.8) is 0 Å². The van der Waals surface area contributed by atoms with Gasteiger partial charge in [0.15, 0.2) is 0 Å². The van der Waals surface area contributed by atoms with Crippen LogP contribution >= 0.6 is 23.4 Å². The maximum absolute atomic E-state index is 11.7. The molecule has 22 heavy (non-hydrogen) atoms. The van der Waals surface area contributed by atoms with Crippen LogP contribution in [0.3, 0.4) is 0 Å². The van der Waals surface area contributed by atoms with E-state index in [9.17, 15) is 4.79 Å². The lowest BCUT2D eigenvalue weighted by molar-refractivity contribution is 0.265. The number of carbonyl (C=O) groups is 1. The Bertz CT molecular complexity index is 791. The lowest BCUT2D eigenvalue weighted by Crippen LogP contribution is -2.18. The third kappa shape index (κ3) is 3.08. The van der Waals surface area contributed by atoms with E-state index >= 15 is 0 Å². The Morgan fingerprint density at radius 3 is 2.91 bits per heavy atom. The molecule has 1 aromatic carbocycles. The lowest BCUT2D eigenvalue weighted by atomic mass is 10.2. The number of thioether (sulfide) groups is 1. The van der Waals surface area contributed by atoms with Gasteiger partial charge in [0.25, 0.3) is 5.24 Å². The summed E-state index contributed by atoms with van der Waals surface area (Å²) >= 11 is 7.05. The van der Waals surface area contributed by atoms with Crippen molar-refractivity contribution >= 4 is 46.2 Å². The highest BCUT2D eigenvalue weighted by Gasteiger charge is 2.24. The second kappa shape index (κ2) is 5.98. The van der Waals surface area contributed by atoms with Gasteiger partial charge in [-0.2, -0.15) is 0 Å². The van der Waals surface area contributed by atoms with Gasteiger partial charge in [-0.25, -0.2) is 4.99 Å². The Balaban J connectivity index is 2.01. The number of aromatic nitrogens is 1. The van der Waals surface area contributed by atoms with E-state index < -0.39 is 0 Å². The number of nitrogens with zero attached hydrogens (tertiary/aromatic N) is 2. The molecule has 3 rings (SSSR count). The lowest BCUT2D eigenvalue weighted by Gasteiger charge is -2.00. The Labute approximate surface area is 136 Å². The normalized spacial score (nSPS) is 18.2. The molecule has 1 aromatic heterocycles. The van der Waals surface area contributed by atoms with Crippen LogP contribution in [0.25, 0.3) is 6.08 Å². The van der Waals surface area contributed by atoms with E-state index in [0.29, 0.717) is 22.3 Å². The molecule has 2 heterocycles. The summed E-state index contributed by atoms with van der Waals surface area (Å²) in [6, 6.07) is 7.13. The second-order valence-corrected chi connectivity index (χ2v) is 6.15. The molecule has 112 valence electrons. The van der Waals surface area contributed by atoms with Crippen molar-refractivity contribution in [1.29, 1.82) is 0 Å². The van der Waals surface area contributed by atoms with Crippen LogP contribution in [0.4, 0.5) is 10.5 Å². The second-order valence-electron chi connectivity index (χ2n) is 4.70. The van der Waals surface area contributed by atoms with Crippen LogP contribution in [0.2, 0.25) is 5.02 Å². The summed E-state index contributed by atoms with van der Waals surface area (Å²) in [5.74, 6) is 1.20. The van der Waals surface area contributed by atoms with Crippen molar-refractivity contribution in [3.05, 3.63) is 51.2 Å². The molecule has 1 saturated heterocycles. The number of rotatable bonds is 2. The van der Waals surface area contributed by atoms with Gasteiger partial charge in [0.05, 0.1) is 16.3 Å². The fourth-order valence-corrected chi connectivity index (χ4v) is 2.92. The maximum atomic E-state index is 11.7. The Kier molecular flexibility index (Phi) is 4.04. The van der Waals surface area contributed by atoms with Gasteiger partial charge in [0.2, 0.25) is 0 Å². The van der Waals surface area contributed by atoms with Gasteiger partial charge in [0, 0.05) is 10.6 Å². The fourth-order valence-electron chi connectivity index (χ4n) is 2.01. The molecule has 0 aliphatic carbocycles. The van der Waals surface area contributed by atoms with Crippen molar-refractivity contribution in [2.75, 3.05) is 0 Å². The van der Waals surface area contributed by atoms with Crippen molar-refractivity contribution in [2.24, 2.45) is 4.99 Å². The number of halogens is 1. The number of aryl methyl sites for hydroxylation is 2. The van der Waals surface area contributed by atoms with E-state index in [4.69, 9.17) is 16.1 Å². The van der Waals surface area contributed by atoms with Crippen molar-refractivity contribution in [3.8, 4) is 0 Å². The number of hydrogen-bond donors (Lipinski definition) is 1. The van der Waals surface area contributed by atoms with Crippen molar-refractivity contribution in [1.82, 2.24) is 10.5 Å². The summed E-state index contributed by atoms with van der Waals surface area (Å²) in [5.41, 5.74) is 2.31. The van der Waals surface area contributed by atoms with Crippen LogP contribution in [0.15, 0.2) is 38.7 Å². The summed E-state index contributed by atoms with van der Waals surface area (Å²) in [5, 5.41) is 7.07. The van der Waals surface area contributed by atoms with E-state index in [1.165, 1.54) is 0 Å². The highest BCUT2D eigenvalue weighted by Crippen LogP contribution is 2.30. The van der Waals surface area contributed by atoms with Crippen LogP contribution in [0.1, 0.15) is 17.0 Å². The molecular formula is C15H12ClN3O2S. The quantitative estimate of drug-likeness (QED) is 0.880. The van der Waals surface area contributed by atoms with Gasteiger partial charge in [-0.15, -0.1) is 0 Å². The molecule has 1 aliphatic heterocycles. The predicted octanol–water partition coefficient (Wildman–Crippen LogP) is 4.47. The minimum atomic E-state index is -0.168. The molecule has 0 unspecified atom stereocenters. The first-order valence-electron chi connectivity index (χ1n) is 6.51. The summed E-state index contributed by atoms with van der Waals surface area (Å²) in [7, 11) is 0. The van der Waals surface area contributed by atoms with Crippen LogP contribution in [-0.4, -0.2) is 16.2 Å². The predicted molar refractivity (Wildman–Crippen MR) is 88.6 cm³/mol. The first-order chi connectivity index (χ1) is 10.5. The first-order valence-corrected chi connectivity index (χ1v) is 7.70. The zero-order valence-electron chi connectivity index (χ0n) is 11.9. The van der Waals surface area contributed by atoms with E-state index in [1.54, 1.807) is 12.1 Å². The number of hydrogen-bond acceptors (Lipinski definition) is 5. The maximum Gasteiger partial charge on any atom is 0.289 e. The van der Waals surface area contributed by atoms with Gasteiger partial charge in [-0.1, -0.05) is 22.8 Å².